The Balaban J connectivity index is 4.37. The van der Waals surface area contributed by atoms with E-state index in [4.69, 9.17) is 14.2 Å². The molecule has 0 saturated heterocycles. The van der Waals surface area contributed by atoms with Crippen molar-refractivity contribution in [3.8, 4) is 0 Å². The van der Waals surface area contributed by atoms with Gasteiger partial charge in [-0.25, -0.2) is 0 Å². The van der Waals surface area contributed by atoms with Crippen LogP contribution in [0.5, 0.6) is 0 Å². The third-order valence-corrected chi connectivity index (χ3v) is 11.4. The first-order chi connectivity index (χ1) is 32.0. The molecule has 0 heterocycles. The van der Waals surface area contributed by atoms with Gasteiger partial charge in [0, 0.05) is 19.3 Å². The molecule has 0 amide bonds. The van der Waals surface area contributed by atoms with E-state index in [9.17, 15) is 14.4 Å². The highest BCUT2D eigenvalue weighted by Gasteiger charge is 2.19. The van der Waals surface area contributed by atoms with Crippen LogP contribution in [0.3, 0.4) is 0 Å². The standard InChI is InChI=1S/C59H100O6/c1-4-7-10-13-16-19-21-23-25-27-29-31-33-35-37-40-43-46-49-52-58(61)64-55-56(54-63-57(60)51-48-45-42-39-18-15-12-9-6-3)65-59(62)53-50-47-44-41-38-36-34-32-30-28-26-24-22-20-17-14-11-8-5-2/h7,10,16-17,19-20,23-26,29,31,35,37,56H,4-6,8-9,11-15,18,21-22,27-28,30,32-34,36,38-55H2,1-3H3/b10-7-,19-16-,20-17-,25-23-,26-24-,31-29-,37-35-/t56-/m1/s1. The van der Waals surface area contributed by atoms with Crippen molar-refractivity contribution in [2.75, 3.05) is 13.2 Å². The maximum atomic E-state index is 12.8. The lowest BCUT2D eigenvalue weighted by Gasteiger charge is -2.18. The third-order valence-electron chi connectivity index (χ3n) is 11.4. The van der Waals surface area contributed by atoms with Crippen molar-refractivity contribution in [2.24, 2.45) is 0 Å². The van der Waals surface area contributed by atoms with Gasteiger partial charge in [0.2, 0.25) is 0 Å². The van der Waals surface area contributed by atoms with Gasteiger partial charge in [-0.15, -0.1) is 0 Å². The van der Waals surface area contributed by atoms with E-state index >= 15 is 0 Å². The Morgan fingerprint density at radius 1 is 0.323 bits per heavy atom. The monoisotopic (exact) mass is 905 g/mol. The zero-order chi connectivity index (χ0) is 47.2. The van der Waals surface area contributed by atoms with Gasteiger partial charge < -0.3 is 14.2 Å². The largest absolute Gasteiger partial charge is 0.462 e. The Morgan fingerprint density at radius 2 is 0.600 bits per heavy atom. The van der Waals surface area contributed by atoms with E-state index in [1.54, 1.807) is 0 Å². The number of hydrogen-bond acceptors (Lipinski definition) is 6. The summed E-state index contributed by atoms with van der Waals surface area (Å²) in [4.78, 5) is 38.0. The van der Waals surface area contributed by atoms with Gasteiger partial charge in [-0.2, -0.15) is 0 Å². The minimum atomic E-state index is -0.790. The number of esters is 3. The zero-order valence-corrected chi connectivity index (χ0v) is 42.5. The molecule has 372 valence electrons. The molecule has 65 heavy (non-hydrogen) atoms. The maximum Gasteiger partial charge on any atom is 0.306 e. The number of allylic oxidation sites excluding steroid dienone is 14. The highest BCUT2D eigenvalue weighted by Crippen LogP contribution is 2.14. The van der Waals surface area contributed by atoms with E-state index in [0.29, 0.717) is 19.3 Å². The fraction of sp³-hybridized carbons (Fsp3) is 0.712. The number of unbranched alkanes of at least 4 members (excludes halogenated alkanes) is 23. The van der Waals surface area contributed by atoms with Gasteiger partial charge in [-0.1, -0.05) is 221 Å². The number of ether oxygens (including phenoxy) is 3. The Kier molecular flexibility index (Phi) is 50.4. The van der Waals surface area contributed by atoms with E-state index in [2.05, 4.69) is 106 Å². The van der Waals surface area contributed by atoms with Crippen molar-refractivity contribution in [2.45, 2.75) is 258 Å². The normalized spacial score (nSPS) is 12.7. The van der Waals surface area contributed by atoms with Gasteiger partial charge in [0.1, 0.15) is 13.2 Å². The van der Waals surface area contributed by atoms with Gasteiger partial charge in [0.05, 0.1) is 0 Å². The van der Waals surface area contributed by atoms with Crippen LogP contribution in [0.4, 0.5) is 0 Å². The average Bonchev–Trinajstić information content (AvgIpc) is 3.30. The third kappa shape index (κ3) is 51.4. The van der Waals surface area contributed by atoms with Gasteiger partial charge >= 0.3 is 17.9 Å². The second-order valence-electron chi connectivity index (χ2n) is 17.8. The molecule has 0 aromatic rings. The summed E-state index contributed by atoms with van der Waals surface area (Å²) in [5.41, 5.74) is 0. The smallest absolute Gasteiger partial charge is 0.306 e. The van der Waals surface area contributed by atoms with Crippen LogP contribution < -0.4 is 0 Å². The van der Waals surface area contributed by atoms with E-state index in [1.807, 2.05) is 0 Å². The molecular weight excluding hydrogens is 805 g/mol. The molecule has 1 atom stereocenters. The molecule has 0 aromatic carbocycles. The summed E-state index contributed by atoms with van der Waals surface area (Å²) >= 11 is 0. The van der Waals surface area contributed by atoms with Crippen molar-refractivity contribution in [1.82, 2.24) is 0 Å². The molecule has 0 radical (unpaired) electrons. The highest BCUT2D eigenvalue weighted by atomic mass is 16.6. The van der Waals surface area contributed by atoms with Gasteiger partial charge in [-0.3, -0.25) is 14.4 Å². The molecule has 0 saturated carbocycles. The van der Waals surface area contributed by atoms with Crippen LogP contribution >= 0.6 is 0 Å². The molecule has 0 aromatic heterocycles. The molecule has 0 spiro atoms. The lowest BCUT2D eigenvalue weighted by atomic mass is 10.1. The molecule has 0 aliphatic carbocycles. The molecule has 0 N–H and O–H groups in total. The summed E-state index contributed by atoms with van der Waals surface area (Å²) in [7, 11) is 0. The number of rotatable bonds is 48. The van der Waals surface area contributed by atoms with Crippen molar-refractivity contribution < 1.29 is 28.6 Å². The molecular formula is C59H100O6. The quantitative estimate of drug-likeness (QED) is 0.0262. The molecule has 6 nitrogen and oxygen atoms in total. The highest BCUT2D eigenvalue weighted by molar-refractivity contribution is 5.71. The number of hydrogen-bond donors (Lipinski definition) is 0. The molecule has 0 aliphatic heterocycles. The molecule has 0 rings (SSSR count). The van der Waals surface area contributed by atoms with E-state index in [-0.39, 0.29) is 31.1 Å². The maximum absolute atomic E-state index is 12.8. The van der Waals surface area contributed by atoms with Crippen LogP contribution in [0.2, 0.25) is 0 Å². The Bertz CT molecular complexity index is 1270. The second kappa shape index (κ2) is 53.2. The topological polar surface area (TPSA) is 78.9 Å². The van der Waals surface area contributed by atoms with Crippen LogP contribution in [-0.2, 0) is 28.6 Å². The van der Waals surface area contributed by atoms with E-state index < -0.39 is 6.10 Å². The molecule has 0 bridgehead atoms. The fourth-order valence-corrected chi connectivity index (χ4v) is 7.32. The lowest BCUT2D eigenvalue weighted by Crippen LogP contribution is -2.30. The lowest BCUT2D eigenvalue weighted by molar-refractivity contribution is -0.167. The summed E-state index contributed by atoms with van der Waals surface area (Å²) < 4.78 is 16.8. The average molecular weight is 905 g/mol. The summed E-state index contributed by atoms with van der Waals surface area (Å²) in [5, 5.41) is 0. The van der Waals surface area contributed by atoms with Crippen molar-refractivity contribution in [1.29, 1.82) is 0 Å². The van der Waals surface area contributed by atoms with Crippen molar-refractivity contribution >= 4 is 17.9 Å². The van der Waals surface area contributed by atoms with Gasteiger partial charge in [-0.05, 0) is 96.3 Å². The van der Waals surface area contributed by atoms with E-state index in [1.165, 1.54) is 109 Å². The number of carbonyl (C=O) groups is 3. The first kappa shape index (κ1) is 61.6. The van der Waals surface area contributed by atoms with Crippen LogP contribution in [-0.4, -0.2) is 37.2 Å². The molecule has 0 fully saturated rings. The van der Waals surface area contributed by atoms with Crippen LogP contribution in [0.15, 0.2) is 85.1 Å². The molecule has 0 unspecified atom stereocenters. The molecule has 0 aliphatic rings. The van der Waals surface area contributed by atoms with Gasteiger partial charge in [0.25, 0.3) is 0 Å². The summed E-state index contributed by atoms with van der Waals surface area (Å²) in [5.74, 6) is -0.926. The summed E-state index contributed by atoms with van der Waals surface area (Å²) in [6, 6.07) is 0. The minimum absolute atomic E-state index is 0.0879. The molecule has 6 heteroatoms. The summed E-state index contributed by atoms with van der Waals surface area (Å²) in [6.07, 6.45) is 68.6. The Morgan fingerprint density at radius 3 is 0.985 bits per heavy atom. The first-order valence-electron chi connectivity index (χ1n) is 27.1. The van der Waals surface area contributed by atoms with Crippen LogP contribution in [0.25, 0.3) is 0 Å². The number of carbonyl (C=O) groups excluding carboxylic acids is 3. The zero-order valence-electron chi connectivity index (χ0n) is 42.5. The van der Waals surface area contributed by atoms with E-state index in [0.717, 1.165) is 103 Å². The minimum Gasteiger partial charge on any atom is -0.462 e. The fourth-order valence-electron chi connectivity index (χ4n) is 7.32. The van der Waals surface area contributed by atoms with Crippen LogP contribution in [0, 0.1) is 0 Å². The Hall–Kier alpha value is -3.41. The van der Waals surface area contributed by atoms with Crippen molar-refractivity contribution in [3.05, 3.63) is 85.1 Å². The first-order valence-corrected chi connectivity index (χ1v) is 27.1. The SMILES string of the molecule is CC/C=C\C/C=C\C/C=C\C/C=C\C/C=C\CCCCCC(=O)OC[C@@H](COC(=O)CCCCCCCCCCC)OC(=O)CCCCCCCCCCC/C=C\C/C=C\CCCCC. The van der Waals surface area contributed by atoms with Crippen molar-refractivity contribution in [3.63, 3.8) is 0 Å². The predicted molar refractivity (Wildman–Crippen MR) is 279 cm³/mol. The van der Waals surface area contributed by atoms with Gasteiger partial charge in [0.15, 0.2) is 6.10 Å². The predicted octanol–water partition coefficient (Wildman–Crippen LogP) is 18.0. The summed E-state index contributed by atoms with van der Waals surface area (Å²) in [6.45, 7) is 6.45. The second-order valence-corrected chi connectivity index (χ2v) is 17.8. The Labute approximate surface area is 401 Å². The van der Waals surface area contributed by atoms with Crippen LogP contribution in [0.1, 0.15) is 252 Å².